The number of benzene rings is 3. The van der Waals surface area contributed by atoms with E-state index in [1.54, 1.807) is 37.4 Å². The highest BCUT2D eigenvalue weighted by atomic mass is 35.5. The van der Waals surface area contributed by atoms with Gasteiger partial charge in [-0.1, -0.05) is 35.3 Å². The third-order valence-electron chi connectivity index (χ3n) is 4.08. The van der Waals surface area contributed by atoms with E-state index in [1.165, 1.54) is 0 Å². The van der Waals surface area contributed by atoms with Gasteiger partial charge in [-0.2, -0.15) is 5.10 Å². The SMILES string of the molecule is C[C@@H](Oc1ccc(Cl)cc1)C(=O)N/N=C\c1ccc(OCc2ccc(Cl)cc2)cc1. The summed E-state index contributed by atoms with van der Waals surface area (Å²) in [5.74, 6) is 0.931. The van der Waals surface area contributed by atoms with E-state index < -0.39 is 6.10 Å². The molecule has 0 radical (unpaired) electrons. The number of halogens is 2. The molecule has 1 atom stereocenters. The predicted octanol–water partition coefficient (Wildman–Crippen LogP) is 5.49. The monoisotopic (exact) mass is 442 g/mol. The number of hydrogen-bond donors (Lipinski definition) is 1. The standard InChI is InChI=1S/C23H20Cl2N2O3/c1-16(30-22-12-8-20(25)9-13-22)23(28)27-26-14-17-4-10-21(11-5-17)29-15-18-2-6-19(24)7-3-18/h2-14,16H,15H2,1H3,(H,27,28)/b26-14-/t16-/m1/s1. The molecule has 154 valence electrons. The minimum absolute atomic E-state index is 0.357. The van der Waals surface area contributed by atoms with Crippen molar-refractivity contribution in [1.82, 2.24) is 5.43 Å². The van der Waals surface area contributed by atoms with Gasteiger partial charge in [-0.15, -0.1) is 0 Å². The molecule has 0 saturated carbocycles. The van der Waals surface area contributed by atoms with Crippen LogP contribution in [0.25, 0.3) is 0 Å². The van der Waals surface area contributed by atoms with Gasteiger partial charge >= 0.3 is 0 Å². The molecule has 0 saturated heterocycles. The summed E-state index contributed by atoms with van der Waals surface area (Å²) in [6.07, 6.45) is 0.850. The Kier molecular flexibility index (Phi) is 7.71. The minimum atomic E-state index is -0.702. The smallest absolute Gasteiger partial charge is 0.280 e. The van der Waals surface area contributed by atoms with Crippen LogP contribution >= 0.6 is 23.2 Å². The molecule has 0 heterocycles. The Morgan fingerprint density at radius 3 is 2.13 bits per heavy atom. The molecule has 3 aromatic rings. The average Bonchev–Trinajstić information content (AvgIpc) is 2.76. The maximum absolute atomic E-state index is 12.1. The quantitative estimate of drug-likeness (QED) is 0.370. The van der Waals surface area contributed by atoms with Crippen LogP contribution < -0.4 is 14.9 Å². The molecule has 0 unspecified atom stereocenters. The van der Waals surface area contributed by atoms with Crippen molar-refractivity contribution < 1.29 is 14.3 Å². The first kappa shape index (κ1) is 21.7. The number of hydrazone groups is 1. The molecular formula is C23H20Cl2N2O3. The summed E-state index contributed by atoms with van der Waals surface area (Å²) in [7, 11) is 0. The van der Waals surface area contributed by atoms with E-state index in [9.17, 15) is 4.79 Å². The lowest BCUT2D eigenvalue weighted by Gasteiger charge is -2.12. The van der Waals surface area contributed by atoms with Crippen LogP contribution in [0.2, 0.25) is 10.0 Å². The Hall–Kier alpha value is -3.02. The maximum Gasteiger partial charge on any atom is 0.280 e. The van der Waals surface area contributed by atoms with Gasteiger partial charge in [0.1, 0.15) is 18.1 Å². The lowest BCUT2D eigenvalue weighted by atomic mass is 10.2. The van der Waals surface area contributed by atoms with E-state index in [4.69, 9.17) is 32.7 Å². The highest BCUT2D eigenvalue weighted by Gasteiger charge is 2.13. The van der Waals surface area contributed by atoms with E-state index >= 15 is 0 Å². The van der Waals surface area contributed by atoms with Gasteiger partial charge in [-0.25, -0.2) is 5.43 Å². The summed E-state index contributed by atoms with van der Waals surface area (Å²) in [5.41, 5.74) is 4.32. The molecule has 3 rings (SSSR count). The summed E-state index contributed by atoms with van der Waals surface area (Å²) in [4.78, 5) is 12.1. The van der Waals surface area contributed by atoms with Crippen LogP contribution in [0, 0.1) is 0 Å². The molecule has 7 heteroatoms. The van der Waals surface area contributed by atoms with E-state index in [0.717, 1.165) is 16.9 Å². The number of ether oxygens (including phenoxy) is 2. The molecule has 5 nitrogen and oxygen atoms in total. The number of hydrogen-bond acceptors (Lipinski definition) is 4. The molecule has 3 aromatic carbocycles. The Labute approximate surface area is 185 Å². The molecule has 0 bridgehead atoms. The number of rotatable bonds is 8. The highest BCUT2D eigenvalue weighted by molar-refractivity contribution is 6.30. The lowest BCUT2D eigenvalue weighted by molar-refractivity contribution is -0.127. The van der Waals surface area contributed by atoms with Crippen molar-refractivity contribution in [2.24, 2.45) is 5.10 Å². The number of amides is 1. The fourth-order valence-corrected chi connectivity index (χ4v) is 2.68. The third-order valence-corrected chi connectivity index (χ3v) is 4.59. The van der Waals surface area contributed by atoms with Crippen LogP contribution in [0.4, 0.5) is 0 Å². The highest BCUT2D eigenvalue weighted by Crippen LogP contribution is 2.17. The van der Waals surface area contributed by atoms with Crippen molar-refractivity contribution in [3.05, 3.63) is 94.0 Å². The van der Waals surface area contributed by atoms with Gasteiger partial charge in [0.25, 0.3) is 5.91 Å². The normalized spacial score (nSPS) is 11.8. The number of nitrogens with zero attached hydrogens (tertiary/aromatic N) is 1. The van der Waals surface area contributed by atoms with Crippen LogP contribution in [0.15, 0.2) is 77.9 Å². The van der Waals surface area contributed by atoms with Crippen LogP contribution in [-0.4, -0.2) is 18.2 Å². The number of carbonyl (C=O) groups is 1. The summed E-state index contributed by atoms with van der Waals surface area (Å²) in [6, 6.07) is 21.7. The molecule has 0 aliphatic carbocycles. The fraction of sp³-hybridized carbons (Fsp3) is 0.130. The topological polar surface area (TPSA) is 59.9 Å². The van der Waals surface area contributed by atoms with Crippen molar-refractivity contribution in [2.45, 2.75) is 19.6 Å². The summed E-state index contributed by atoms with van der Waals surface area (Å²) >= 11 is 11.7. The Morgan fingerprint density at radius 2 is 1.50 bits per heavy atom. The van der Waals surface area contributed by atoms with Gasteiger partial charge < -0.3 is 9.47 Å². The second kappa shape index (κ2) is 10.7. The maximum atomic E-state index is 12.1. The second-order valence-corrected chi connectivity index (χ2v) is 7.31. The number of nitrogens with one attached hydrogen (secondary N) is 1. The Balaban J connectivity index is 1.45. The molecule has 1 N–H and O–H groups in total. The molecule has 30 heavy (non-hydrogen) atoms. The molecule has 0 aliphatic heterocycles. The van der Waals surface area contributed by atoms with Gasteiger partial charge in [-0.05, 0) is 78.7 Å². The molecule has 1 amide bonds. The van der Waals surface area contributed by atoms with Gasteiger partial charge in [0.05, 0.1) is 6.21 Å². The first-order valence-corrected chi connectivity index (χ1v) is 9.97. The average molecular weight is 443 g/mol. The van der Waals surface area contributed by atoms with Crippen molar-refractivity contribution in [3.63, 3.8) is 0 Å². The van der Waals surface area contributed by atoms with Crippen LogP contribution in [0.1, 0.15) is 18.1 Å². The molecule has 0 aliphatic rings. The largest absolute Gasteiger partial charge is 0.489 e. The van der Waals surface area contributed by atoms with Crippen LogP contribution in [0.3, 0.4) is 0 Å². The molecular weight excluding hydrogens is 423 g/mol. The van der Waals surface area contributed by atoms with Gasteiger partial charge in [0, 0.05) is 10.0 Å². The zero-order valence-electron chi connectivity index (χ0n) is 16.2. The molecule has 0 aromatic heterocycles. The van der Waals surface area contributed by atoms with Crippen LogP contribution in [-0.2, 0) is 11.4 Å². The van der Waals surface area contributed by atoms with E-state index in [1.807, 2.05) is 48.5 Å². The van der Waals surface area contributed by atoms with Crippen molar-refractivity contribution in [2.75, 3.05) is 0 Å². The summed E-state index contributed by atoms with van der Waals surface area (Å²) in [6.45, 7) is 2.10. The lowest BCUT2D eigenvalue weighted by Crippen LogP contribution is -2.33. The second-order valence-electron chi connectivity index (χ2n) is 6.43. The van der Waals surface area contributed by atoms with Crippen molar-refractivity contribution in [1.29, 1.82) is 0 Å². The Bertz CT molecular complexity index is 988. The zero-order valence-corrected chi connectivity index (χ0v) is 17.7. The summed E-state index contributed by atoms with van der Waals surface area (Å²) < 4.78 is 11.3. The third kappa shape index (κ3) is 6.79. The van der Waals surface area contributed by atoms with Gasteiger partial charge in [0.2, 0.25) is 0 Å². The van der Waals surface area contributed by atoms with Crippen molar-refractivity contribution in [3.8, 4) is 11.5 Å². The fourth-order valence-electron chi connectivity index (χ4n) is 2.43. The minimum Gasteiger partial charge on any atom is -0.489 e. The van der Waals surface area contributed by atoms with Crippen LogP contribution in [0.5, 0.6) is 11.5 Å². The molecule has 0 fully saturated rings. The first-order chi connectivity index (χ1) is 14.5. The van der Waals surface area contributed by atoms with E-state index in [-0.39, 0.29) is 5.91 Å². The predicted molar refractivity (Wildman–Crippen MR) is 120 cm³/mol. The first-order valence-electron chi connectivity index (χ1n) is 9.22. The summed E-state index contributed by atoms with van der Waals surface area (Å²) in [5, 5.41) is 5.27. The van der Waals surface area contributed by atoms with Gasteiger partial charge in [0.15, 0.2) is 6.10 Å². The van der Waals surface area contributed by atoms with E-state index in [2.05, 4.69) is 10.5 Å². The van der Waals surface area contributed by atoms with Gasteiger partial charge in [-0.3, -0.25) is 4.79 Å². The number of carbonyl (C=O) groups excluding carboxylic acids is 1. The van der Waals surface area contributed by atoms with E-state index in [0.29, 0.717) is 22.4 Å². The molecule has 0 spiro atoms. The zero-order chi connectivity index (χ0) is 21.3. The Morgan fingerprint density at radius 1 is 0.933 bits per heavy atom. The van der Waals surface area contributed by atoms with Crippen molar-refractivity contribution >= 4 is 35.3 Å².